The number of hydrogen-bond acceptors (Lipinski definition) is 6. The molecule has 1 fully saturated rings. The highest BCUT2D eigenvalue weighted by molar-refractivity contribution is 7.92. The second-order valence-electron chi connectivity index (χ2n) is 10.1. The minimum atomic E-state index is -3.67. The molecule has 2 aromatic rings. The third-order valence-corrected chi connectivity index (χ3v) is 9.33. The molecule has 2 aromatic carbocycles. The first-order valence-corrected chi connectivity index (χ1v) is 14.0. The summed E-state index contributed by atoms with van der Waals surface area (Å²) in [6.07, 6.45) is 7.11. The summed E-state index contributed by atoms with van der Waals surface area (Å²) in [5, 5.41) is 2.98. The van der Waals surface area contributed by atoms with Gasteiger partial charge in [0.2, 0.25) is 15.7 Å². The second kappa shape index (κ2) is 9.65. The Morgan fingerprint density at radius 3 is 2.56 bits per heavy atom. The molecule has 0 spiro atoms. The van der Waals surface area contributed by atoms with Crippen LogP contribution in [0.25, 0.3) is 0 Å². The van der Waals surface area contributed by atoms with Crippen LogP contribution >= 0.6 is 0 Å². The van der Waals surface area contributed by atoms with Crippen LogP contribution in [0.5, 0.6) is 0 Å². The molecule has 0 saturated heterocycles. The minimum Gasteiger partial charge on any atom is -0.342 e. The second-order valence-corrected chi connectivity index (χ2v) is 12.0. The number of fused-ring (bicyclic) bond motifs is 2. The summed E-state index contributed by atoms with van der Waals surface area (Å²) in [6, 6.07) is 12.2. The van der Waals surface area contributed by atoms with Crippen LogP contribution in [0, 0.1) is 11.8 Å². The van der Waals surface area contributed by atoms with E-state index < -0.39 is 15.8 Å². The summed E-state index contributed by atoms with van der Waals surface area (Å²) < 4.78 is 26.7. The Morgan fingerprint density at radius 2 is 1.83 bits per heavy atom. The zero-order valence-corrected chi connectivity index (χ0v) is 21.4. The van der Waals surface area contributed by atoms with Crippen LogP contribution in [0.4, 0.5) is 11.4 Å². The Balaban J connectivity index is 1.50. The summed E-state index contributed by atoms with van der Waals surface area (Å²) in [4.78, 5) is 32.2. The van der Waals surface area contributed by atoms with Crippen LogP contribution in [0.2, 0.25) is 0 Å². The van der Waals surface area contributed by atoms with Gasteiger partial charge in [0.05, 0.1) is 27.1 Å². The molecule has 7 nitrogen and oxygen atoms in total. The summed E-state index contributed by atoms with van der Waals surface area (Å²) in [5.74, 6) is 0.766. The van der Waals surface area contributed by atoms with E-state index in [1.807, 2.05) is 36.2 Å². The number of anilines is 2. The highest BCUT2D eigenvalue weighted by Crippen LogP contribution is 2.44. The van der Waals surface area contributed by atoms with Gasteiger partial charge in [0.1, 0.15) is 11.6 Å². The molecule has 2 aliphatic heterocycles. The first kappa shape index (κ1) is 24.4. The van der Waals surface area contributed by atoms with E-state index >= 15 is 0 Å². The molecule has 2 atom stereocenters. The van der Waals surface area contributed by atoms with Gasteiger partial charge < -0.3 is 10.2 Å². The predicted molar refractivity (Wildman–Crippen MR) is 139 cm³/mol. The molecule has 0 bridgehead atoms. The molecule has 1 amide bonds. The first-order valence-electron chi connectivity index (χ1n) is 12.5. The van der Waals surface area contributed by atoms with Crippen molar-refractivity contribution in [1.29, 1.82) is 0 Å². The van der Waals surface area contributed by atoms with Crippen LogP contribution in [0.1, 0.15) is 50.5 Å². The van der Waals surface area contributed by atoms with Crippen molar-refractivity contribution in [3.8, 4) is 0 Å². The van der Waals surface area contributed by atoms with Crippen molar-refractivity contribution >= 4 is 38.7 Å². The number of hydrogen-bond donors (Lipinski definition) is 1. The molecule has 3 aliphatic rings. The van der Waals surface area contributed by atoms with Gasteiger partial charge in [-0.2, -0.15) is 0 Å². The molecule has 8 heteroatoms. The smallest absolute Gasteiger partial charge is 0.233 e. The van der Waals surface area contributed by atoms with Gasteiger partial charge in [-0.15, -0.1) is 0 Å². The highest BCUT2D eigenvalue weighted by Gasteiger charge is 2.34. The van der Waals surface area contributed by atoms with Crippen molar-refractivity contribution in [2.24, 2.45) is 16.8 Å². The fourth-order valence-corrected chi connectivity index (χ4v) is 7.01. The average molecular weight is 506 g/mol. The highest BCUT2D eigenvalue weighted by atomic mass is 32.2. The fraction of sp³-hybridized carbons (Fsp3) is 0.393. The van der Waals surface area contributed by atoms with Crippen molar-refractivity contribution in [3.05, 3.63) is 60.2 Å². The first-order chi connectivity index (χ1) is 17.2. The lowest BCUT2D eigenvalue weighted by molar-refractivity contribution is -0.122. The monoisotopic (exact) mass is 505 g/mol. The van der Waals surface area contributed by atoms with Gasteiger partial charge in [-0.05, 0) is 67.0 Å². The molecule has 2 heterocycles. The van der Waals surface area contributed by atoms with E-state index in [1.54, 1.807) is 30.3 Å². The SMILES string of the molecule is CC1C=CC(NC(=O)C(CC2CCC(=O)CC2)c2ccc3c(c2)N(C)c2ccccc2S3(=O)=O)=NC1. The van der Waals surface area contributed by atoms with Gasteiger partial charge in [-0.1, -0.05) is 31.2 Å². The van der Waals surface area contributed by atoms with Gasteiger partial charge in [0.25, 0.3) is 0 Å². The average Bonchev–Trinajstić information content (AvgIpc) is 2.88. The normalized spacial score (nSPS) is 21.8. The van der Waals surface area contributed by atoms with Gasteiger partial charge in [-0.3, -0.25) is 14.6 Å². The maximum atomic E-state index is 13.6. The number of sulfone groups is 1. The zero-order valence-electron chi connectivity index (χ0n) is 20.6. The van der Waals surface area contributed by atoms with Crippen LogP contribution in [0.3, 0.4) is 0 Å². The van der Waals surface area contributed by atoms with Crippen molar-refractivity contribution in [3.63, 3.8) is 0 Å². The lowest BCUT2D eigenvalue weighted by atomic mass is 9.79. The fourth-order valence-electron chi connectivity index (χ4n) is 5.32. The van der Waals surface area contributed by atoms with Gasteiger partial charge in [0.15, 0.2) is 0 Å². The number of carbonyl (C=O) groups is 2. The number of aliphatic imine (C=N–C) groups is 1. The van der Waals surface area contributed by atoms with Gasteiger partial charge >= 0.3 is 0 Å². The Kier molecular flexibility index (Phi) is 6.55. The van der Waals surface area contributed by atoms with E-state index in [-0.39, 0.29) is 27.4 Å². The molecule has 2 unspecified atom stereocenters. The third kappa shape index (κ3) is 4.62. The Hall–Kier alpha value is -3.26. The number of nitrogens with zero attached hydrogens (tertiary/aromatic N) is 2. The number of dihydropyridines is 1. The number of amidine groups is 1. The number of para-hydroxylation sites is 1. The van der Waals surface area contributed by atoms with E-state index in [9.17, 15) is 18.0 Å². The number of nitrogens with one attached hydrogen (secondary N) is 1. The van der Waals surface area contributed by atoms with Crippen LogP contribution in [-0.2, 0) is 19.4 Å². The van der Waals surface area contributed by atoms with Crippen molar-refractivity contribution in [2.45, 2.75) is 54.7 Å². The van der Waals surface area contributed by atoms with E-state index in [0.717, 1.165) is 18.4 Å². The van der Waals surface area contributed by atoms with Crippen molar-refractivity contribution in [1.82, 2.24) is 5.32 Å². The number of carbonyl (C=O) groups excluding carboxylic acids is 2. The molecule has 36 heavy (non-hydrogen) atoms. The molecule has 0 radical (unpaired) electrons. The maximum absolute atomic E-state index is 13.6. The lowest BCUT2D eigenvalue weighted by Crippen LogP contribution is -2.36. The molecule has 1 N–H and O–H groups in total. The number of benzene rings is 2. The van der Waals surface area contributed by atoms with E-state index in [1.165, 1.54) is 0 Å². The topological polar surface area (TPSA) is 95.9 Å². The largest absolute Gasteiger partial charge is 0.342 e. The number of rotatable bonds is 4. The standard InChI is InChI=1S/C28H31N3O4S/c1-18-7-14-27(29-17-18)30-28(33)22(15-19-8-11-21(32)12-9-19)20-10-13-26-24(16-20)31(2)23-5-3-4-6-25(23)36(26,34)35/h3-7,10,13-14,16,18-19,22H,8-9,11-12,15,17H2,1-2H3,(H,29,30,33). The number of amides is 1. The Labute approximate surface area is 212 Å². The quantitative estimate of drug-likeness (QED) is 0.658. The van der Waals surface area contributed by atoms with Crippen LogP contribution in [-0.4, -0.2) is 39.5 Å². The van der Waals surface area contributed by atoms with Crippen molar-refractivity contribution < 1.29 is 18.0 Å². The maximum Gasteiger partial charge on any atom is 0.233 e. The Bertz CT molecular complexity index is 1370. The van der Waals surface area contributed by atoms with Crippen LogP contribution < -0.4 is 10.2 Å². The molecule has 1 aliphatic carbocycles. The molecule has 0 aromatic heterocycles. The molecule has 1 saturated carbocycles. The summed E-state index contributed by atoms with van der Waals surface area (Å²) in [6.45, 7) is 2.70. The minimum absolute atomic E-state index is 0.161. The Morgan fingerprint density at radius 1 is 1.11 bits per heavy atom. The van der Waals surface area contributed by atoms with E-state index in [4.69, 9.17) is 0 Å². The van der Waals surface area contributed by atoms with E-state index in [2.05, 4.69) is 17.2 Å². The number of ketones is 1. The molecular weight excluding hydrogens is 474 g/mol. The van der Waals surface area contributed by atoms with Crippen LogP contribution in [0.15, 0.2) is 69.4 Å². The third-order valence-electron chi connectivity index (χ3n) is 7.48. The summed E-state index contributed by atoms with van der Waals surface area (Å²) >= 11 is 0. The van der Waals surface area contributed by atoms with Gasteiger partial charge in [0, 0.05) is 26.4 Å². The zero-order chi connectivity index (χ0) is 25.4. The van der Waals surface area contributed by atoms with Crippen molar-refractivity contribution in [2.75, 3.05) is 18.5 Å². The summed E-state index contributed by atoms with van der Waals surface area (Å²) in [5.41, 5.74) is 1.94. The predicted octanol–water partition coefficient (Wildman–Crippen LogP) is 4.55. The van der Waals surface area contributed by atoms with E-state index in [0.29, 0.717) is 48.9 Å². The molecule has 188 valence electrons. The molecular formula is C28H31N3O4S. The number of Topliss-reactive ketones (excluding diaryl/α,β-unsaturated/α-hetero) is 1. The summed E-state index contributed by atoms with van der Waals surface area (Å²) in [7, 11) is -1.82. The van der Waals surface area contributed by atoms with Gasteiger partial charge in [-0.25, -0.2) is 8.42 Å². The molecule has 5 rings (SSSR count). The lowest BCUT2D eigenvalue weighted by Gasteiger charge is -2.31.